The lowest BCUT2D eigenvalue weighted by Gasteiger charge is -2.05. The number of furan rings is 1. The molecule has 0 atom stereocenters. The normalized spacial score (nSPS) is 11.4. The van der Waals surface area contributed by atoms with Gasteiger partial charge in [0.15, 0.2) is 0 Å². The lowest BCUT2D eigenvalue weighted by molar-refractivity contribution is 0.461. The molecule has 0 bridgehead atoms. The number of rotatable bonds is 4. The first-order valence-corrected chi connectivity index (χ1v) is 9.27. The van der Waals surface area contributed by atoms with E-state index in [4.69, 9.17) is 13.9 Å². The van der Waals surface area contributed by atoms with Gasteiger partial charge >= 0.3 is 0 Å². The molecule has 0 saturated carbocycles. The maximum Gasteiger partial charge on any atom is 0.240 e. The van der Waals surface area contributed by atoms with Crippen LogP contribution in [0.25, 0.3) is 21.9 Å². The topological polar surface area (TPSA) is 67.2 Å². The predicted molar refractivity (Wildman–Crippen MR) is 110 cm³/mol. The largest absolute Gasteiger partial charge is 0.456 e. The van der Waals surface area contributed by atoms with Gasteiger partial charge in [-0.3, -0.25) is 0 Å². The van der Waals surface area contributed by atoms with Crippen LogP contribution >= 0.6 is 0 Å². The second kappa shape index (κ2) is 6.41. The number of imidazole rings is 2. The quantitative estimate of drug-likeness (QED) is 0.420. The third kappa shape index (κ3) is 2.91. The number of fused-ring (bicyclic) bond motifs is 3. The minimum Gasteiger partial charge on any atom is -0.456 e. The molecular formula is C22H20N4O3. The Morgan fingerprint density at radius 3 is 1.55 bits per heavy atom. The molecule has 2 aromatic carbocycles. The fourth-order valence-electron chi connectivity index (χ4n) is 3.23. The van der Waals surface area contributed by atoms with Crippen molar-refractivity contribution < 1.29 is 13.9 Å². The highest BCUT2D eigenvalue weighted by Crippen LogP contribution is 2.36. The predicted octanol–water partition coefficient (Wildman–Crippen LogP) is 5.25. The zero-order valence-electron chi connectivity index (χ0n) is 16.6. The van der Waals surface area contributed by atoms with Crippen molar-refractivity contribution in [2.45, 2.75) is 13.8 Å². The summed E-state index contributed by atoms with van der Waals surface area (Å²) in [5.41, 5.74) is 3.50. The van der Waals surface area contributed by atoms with Crippen LogP contribution in [0.15, 0.2) is 53.5 Å². The number of nitrogens with zero attached hydrogens (tertiary/aromatic N) is 4. The maximum absolute atomic E-state index is 5.98. The highest BCUT2D eigenvalue weighted by Gasteiger charge is 2.13. The van der Waals surface area contributed by atoms with Gasteiger partial charge in [0.2, 0.25) is 11.8 Å². The van der Waals surface area contributed by atoms with Gasteiger partial charge in [-0.25, -0.2) is 9.97 Å². The number of ether oxygens (including phenoxy) is 2. The van der Waals surface area contributed by atoms with E-state index < -0.39 is 0 Å². The summed E-state index contributed by atoms with van der Waals surface area (Å²) in [5.74, 6) is 2.59. The van der Waals surface area contributed by atoms with Crippen molar-refractivity contribution in [3.05, 3.63) is 60.4 Å². The molecule has 0 aliphatic heterocycles. The SMILES string of the molecule is Cc1c(Oc2ccc3oc4ccc(Oc5ncn(C)c5C)cc4c3c2)ncn1C. The first kappa shape index (κ1) is 17.4. The second-order valence-electron chi connectivity index (χ2n) is 7.11. The van der Waals surface area contributed by atoms with Gasteiger partial charge < -0.3 is 23.0 Å². The Morgan fingerprint density at radius 2 is 1.17 bits per heavy atom. The second-order valence-corrected chi connectivity index (χ2v) is 7.11. The monoisotopic (exact) mass is 388 g/mol. The molecule has 0 aliphatic rings. The molecule has 5 rings (SSSR count). The lowest BCUT2D eigenvalue weighted by atomic mass is 10.1. The zero-order valence-corrected chi connectivity index (χ0v) is 16.6. The van der Waals surface area contributed by atoms with E-state index in [9.17, 15) is 0 Å². The molecule has 29 heavy (non-hydrogen) atoms. The summed E-state index contributed by atoms with van der Waals surface area (Å²) in [4.78, 5) is 8.60. The van der Waals surface area contributed by atoms with Gasteiger partial charge in [0.25, 0.3) is 0 Å². The molecule has 0 radical (unpaired) electrons. The number of aromatic nitrogens is 4. The molecule has 0 unspecified atom stereocenters. The van der Waals surface area contributed by atoms with Crippen LogP contribution in [-0.4, -0.2) is 19.1 Å². The number of hydrogen-bond donors (Lipinski definition) is 0. The van der Waals surface area contributed by atoms with E-state index in [1.165, 1.54) is 0 Å². The molecule has 146 valence electrons. The standard InChI is InChI=1S/C22H20N4O3/c1-13-21(23-11-25(13)3)27-15-5-7-19-17(9-15)18-10-16(6-8-20(18)29-19)28-22-14(2)26(4)12-24-22/h5-12H,1-4H3. The minimum absolute atomic E-state index is 0.592. The Kier molecular flexibility index (Phi) is 3.84. The summed E-state index contributed by atoms with van der Waals surface area (Å²) in [6.07, 6.45) is 3.47. The van der Waals surface area contributed by atoms with Crippen LogP contribution in [0.2, 0.25) is 0 Å². The lowest BCUT2D eigenvalue weighted by Crippen LogP contribution is -1.91. The third-order valence-electron chi connectivity index (χ3n) is 5.21. The van der Waals surface area contributed by atoms with E-state index in [0.717, 1.165) is 33.3 Å². The van der Waals surface area contributed by atoms with Crippen molar-refractivity contribution in [3.63, 3.8) is 0 Å². The van der Waals surface area contributed by atoms with Crippen molar-refractivity contribution in [2.75, 3.05) is 0 Å². The smallest absolute Gasteiger partial charge is 0.240 e. The van der Waals surface area contributed by atoms with Crippen LogP contribution in [0.3, 0.4) is 0 Å². The Bertz CT molecular complexity index is 1260. The molecular weight excluding hydrogens is 368 g/mol. The Hall–Kier alpha value is -3.74. The van der Waals surface area contributed by atoms with Crippen LogP contribution in [0.4, 0.5) is 0 Å². The third-order valence-corrected chi connectivity index (χ3v) is 5.21. The van der Waals surface area contributed by atoms with Crippen LogP contribution in [0, 0.1) is 13.8 Å². The Morgan fingerprint density at radius 1 is 0.724 bits per heavy atom. The molecule has 0 fully saturated rings. The molecule has 0 spiro atoms. The number of benzene rings is 2. The fraction of sp³-hybridized carbons (Fsp3) is 0.182. The van der Waals surface area contributed by atoms with Crippen molar-refractivity contribution in [1.82, 2.24) is 19.1 Å². The molecule has 0 aliphatic carbocycles. The van der Waals surface area contributed by atoms with E-state index in [1.807, 2.05) is 73.5 Å². The van der Waals surface area contributed by atoms with Crippen molar-refractivity contribution >= 4 is 21.9 Å². The average Bonchev–Trinajstić information content (AvgIpc) is 3.34. The van der Waals surface area contributed by atoms with Gasteiger partial charge in [-0.1, -0.05) is 0 Å². The van der Waals surface area contributed by atoms with Crippen LogP contribution in [0.5, 0.6) is 23.3 Å². The number of aryl methyl sites for hydroxylation is 2. The first-order chi connectivity index (χ1) is 14.0. The molecule has 0 saturated heterocycles. The van der Waals surface area contributed by atoms with Gasteiger partial charge in [0.1, 0.15) is 22.7 Å². The van der Waals surface area contributed by atoms with Crippen molar-refractivity contribution in [2.24, 2.45) is 14.1 Å². The molecule has 7 heteroatoms. The summed E-state index contributed by atoms with van der Waals surface area (Å²) in [5, 5.41) is 1.91. The van der Waals surface area contributed by atoms with Gasteiger partial charge in [-0.05, 0) is 50.2 Å². The summed E-state index contributed by atoms with van der Waals surface area (Å²) >= 11 is 0. The summed E-state index contributed by atoms with van der Waals surface area (Å²) < 4.78 is 21.8. The van der Waals surface area contributed by atoms with Gasteiger partial charge in [0, 0.05) is 24.9 Å². The average molecular weight is 388 g/mol. The highest BCUT2D eigenvalue weighted by molar-refractivity contribution is 6.05. The fourth-order valence-corrected chi connectivity index (χ4v) is 3.23. The van der Waals surface area contributed by atoms with Crippen LogP contribution in [-0.2, 0) is 14.1 Å². The van der Waals surface area contributed by atoms with Crippen molar-refractivity contribution in [1.29, 1.82) is 0 Å². The van der Waals surface area contributed by atoms with E-state index >= 15 is 0 Å². The van der Waals surface area contributed by atoms with Gasteiger partial charge in [0.05, 0.1) is 24.0 Å². The first-order valence-electron chi connectivity index (χ1n) is 9.27. The summed E-state index contributed by atoms with van der Waals surface area (Å²) in [6.45, 7) is 3.94. The Balaban J connectivity index is 1.54. The van der Waals surface area contributed by atoms with Gasteiger partial charge in [-0.2, -0.15) is 0 Å². The van der Waals surface area contributed by atoms with E-state index in [-0.39, 0.29) is 0 Å². The molecule has 0 amide bonds. The van der Waals surface area contributed by atoms with Crippen LogP contribution < -0.4 is 9.47 Å². The molecule has 3 heterocycles. The van der Waals surface area contributed by atoms with Crippen molar-refractivity contribution in [3.8, 4) is 23.3 Å². The number of hydrogen-bond acceptors (Lipinski definition) is 5. The highest BCUT2D eigenvalue weighted by atomic mass is 16.5. The molecule has 0 N–H and O–H groups in total. The maximum atomic E-state index is 5.98. The van der Waals surface area contributed by atoms with Crippen LogP contribution in [0.1, 0.15) is 11.4 Å². The van der Waals surface area contributed by atoms with E-state index in [1.54, 1.807) is 12.7 Å². The molecule has 7 nitrogen and oxygen atoms in total. The Labute approximate surface area is 167 Å². The molecule has 3 aromatic heterocycles. The zero-order chi connectivity index (χ0) is 20.1. The molecule has 5 aromatic rings. The van der Waals surface area contributed by atoms with E-state index in [0.29, 0.717) is 23.3 Å². The minimum atomic E-state index is 0.592. The van der Waals surface area contributed by atoms with Gasteiger partial charge in [-0.15, -0.1) is 0 Å². The summed E-state index contributed by atoms with van der Waals surface area (Å²) in [6, 6.07) is 11.5. The summed E-state index contributed by atoms with van der Waals surface area (Å²) in [7, 11) is 3.87. The van der Waals surface area contributed by atoms with E-state index in [2.05, 4.69) is 9.97 Å².